The quantitative estimate of drug-likeness (QED) is 0.609. The molecular weight excluding hydrogens is 164 g/mol. The molecule has 0 saturated heterocycles. The summed E-state index contributed by atoms with van der Waals surface area (Å²) in [5.41, 5.74) is 0. The summed E-state index contributed by atoms with van der Waals surface area (Å²) in [6, 6.07) is 4.38. The molecule has 1 rings (SSSR count). The molecule has 1 aromatic rings. The zero-order valence-corrected chi connectivity index (χ0v) is 8.50. The third-order valence-electron chi connectivity index (χ3n) is 1.59. The Kier molecular flexibility index (Phi) is 3.90. The summed E-state index contributed by atoms with van der Waals surface area (Å²) in [6.45, 7) is 4.23. The first-order valence-corrected chi connectivity index (χ1v) is 5.15. The number of rotatable bonds is 2. The van der Waals surface area contributed by atoms with Crippen molar-refractivity contribution in [2.45, 2.75) is 33.1 Å². The lowest BCUT2D eigenvalue weighted by Gasteiger charge is -1.87. The van der Waals surface area contributed by atoms with E-state index in [0.717, 1.165) is 19.3 Å². The van der Waals surface area contributed by atoms with Crippen molar-refractivity contribution in [2.75, 3.05) is 0 Å². The van der Waals surface area contributed by atoms with E-state index in [4.69, 9.17) is 0 Å². The average molecular weight is 178 g/mol. The molecule has 0 N–H and O–H groups in total. The lowest BCUT2D eigenvalue weighted by molar-refractivity contribution is 1.05. The molecular formula is C11H14S. The number of thiophene rings is 1. The van der Waals surface area contributed by atoms with E-state index >= 15 is 0 Å². The Hall–Kier alpha value is -0.740. The minimum Gasteiger partial charge on any atom is -0.146 e. The second-order valence-electron chi connectivity index (χ2n) is 2.72. The second-order valence-corrected chi connectivity index (χ2v) is 4.09. The minimum atomic E-state index is 0.976. The van der Waals surface area contributed by atoms with E-state index in [-0.39, 0.29) is 0 Å². The van der Waals surface area contributed by atoms with E-state index in [1.807, 2.05) is 11.3 Å². The molecule has 1 heteroatoms. The Labute approximate surface area is 78.6 Å². The van der Waals surface area contributed by atoms with Gasteiger partial charge in [-0.15, -0.1) is 23.2 Å². The molecule has 1 heterocycles. The zero-order chi connectivity index (χ0) is 8.81. The fourth-order valence-electron chi connectivity index (χ4n) is 1.02. The molecule has 0 spiro atoms. The Balaban J connectivity index is 2.33. The largest absolute Gasteiger partial charge is 0.146 e. The van der Waals surface area contributed by atoms with Crippen LogP contribution >= 0.6 is 11.3 Å². The van der Waals surface area contributed by atoms with Gasteiger partial charge in [0.25, 0.3) is 0 Å². The molecule has 0 aliphatic rings. The van der Waals surface area contributed by atoms with Crippen LogP contribution in [0.4, 0.5) is 0 Å². The topological polar surface area (TPSA) is 0 Å². The van der Waals surface area contributed by atoms with Gasteiger partial charge in [0.05, 0.1) is 0 Å². The van der Waals surface area contributed by atoms with E-state index in [1.165, 1.54) is 9.75 Å². The van der Waals surface area contributed by atoms with Gasteiger partial charge in [0, 0.05) is 22.6 Å². The van der Waals surface area contributed by atoms with Crippen LogP contribution in [0.15, 0.2) is 12.1 Å². The van der Waals surface area contributed by atoms with Crippen molar-refractivity contribution in [1.82, 2.24) is 0 Å². The van der Waals surface area contributed by atoms with Gasteiger partial charge in [0.1, 0.15) is 0 Å². The molecule has 0 saturated carbocycles. The predicted molar refractivity (Wildman–Crippen MR) is 55.4 cm³/mol. The molecule has 12 heavy (non-hydrogen) atoms. The maximum Gasteiger partial charge on any atom is 0.0137 e. The van der Waals surface area contributed by atoms with Crippen molar-refractivity contribution in [3.05, 3.63) is 21.9 Å². The highest BCUT2D eigenvalue weighted by Gasteiger charge is 1.93. The van der Waals surface area contributed by atoms with Crippen LogP contribution in [0.25, 0.3) is 0 Å². The molecule has 0 fully saturated rings. The molecule has 0 radical (unpaired) electrons. The molecule has 0 atom stereocenters. The van der Waals surface area contributed by atoms with Crippen molar-refractivity contribution in [3.8, 4) is 11.8 Å². The van der Waals surface area contributed by atoms with Crippen LogP contribution in [-0.2, 0) is 6.42 Å². The second kappa shape index (κ2) is 5.00. The van der Waals surface area contributed by atoms with Gasteiger partial charge >= 0.3 is 0 Å². The summed E-state index contributed by atoms with van der Waals surface area (Å²) < 4.78 is 0. The van der Waals surface area contributed by atoms with Crippen LogP contribution in [0, 0.1) is 18.8 Å². The molecule has 0 unspecified atom stereocenters. The van der Waals surface area contributed by atoms with Crippen LogP contribution in [-0.4, -0.2) is 0 Å². The van der Waals surface area contributed by atoms with Crippen LogP contribution < -0.4 is 0 Å². The van der Waals surface area contributed by atoms with E-state index in [0.29, 0.717) is 0 Å². The van der Waals surface area contributed by atoms with Crippen LogP contribution in [0.2, 0.25) is 0 Å². The maximum absolute atomic E-state index is 3.15. The monoisotopic (exact) mass is 178 g/mol. The average Bonchev–Trinajstić information content (AvgIpc) is 2.45. The summed E-state index contributed by atoms with van der Waals surface area (Å²) in [4.78, 5) is 2.85. The number of hydrogen-bond acceptors (Lipinski definition) is 1. The van der Waals surface area contributed by atoms with Gasteiger partial charge in [0.15, 0.2) is 0 Å². The maximum atomic E-state index is 3.15. The first kappa shape index (κ1) is 9.35. The highest BCUT2D eigenvalue weighted by molar-refractivity contribution is 7.11. The molecule has 0 bridgehead atoms. The van der Waals surface area contributed by atoms with E-state index in [2.05, 4.69) is 37.8 Å². The van der Waals surface area contributed by atoms with Gasteiger partial charge < -0.3 is 0 Å². The minimum absolute atomic E-state index is 0.976. The zero-order valence-electron chi connectivity index (χ0n) is 7.68. The number of hydrogen-bond donors (Lipinski definition) is 0. The smallest absolute Gasteiger partial charge is 0.0137 e. The Bertz CT molecular complexity index is 285. The van der Waals surface area contributed by atoms with E-state index in [9.17, 15) is 0 Å². The van der Waals surface area contributed by atoms with Crippen LogP contribution in [0.3, 0.4) is 0 Å². The molecule has 0 amide bonds. The molecule has 0 aromatic carbocycles. The van der Waals surface area contributed by atoms with Gasteiger partial charge in [-0.3, -0.25) is 0 Å². The van der Waals surface area contributed by atoms with Crippen molar-refractivity contribution in [3.63, 3.8) is 0 Å². The molecule has 0 aliphatic heterocycles. The van der Waals surface area contributed by atoms with E-state index in [1.54, 1.807) is 0 Å². The summed E-state index contributed by atoms with van der Waals surface area (Å²) in [5, 5.41) is 0. The SMILES string of the molecule is CCC#CCCc1ccc(C)s1. The normalized spacial score (nSPS) is 9.17. The van der Waals surface area contributed by atoms with Crippen molar-refractivity contribution >= 4 is 11.3 Å². The standard InChI is InChI=1S/C11H14S/c1-3-4-5-6-7-11-9-8-10(2)12-11/h8-9H,3,6-7H2,1-2H3. The molecule has 64 valence electrons. The van der Waals surface area contributed by atoms with E-state index < -0.39 is 0 Å². The summed E-state index contributed by atoms with van der Waals surface area (Å²) in [7, 11) is 0. The summed E-state index contributed by atoms with van der Waals surface area (Å²) >= 11 is 1.88. The van der Waals surface area contributed by atoms with Crippen molar-refractivity contribution < 1.29 is 0 Å². The van der Waals surface area contributed by atoms with Gasteiger partial charge in [-0.1, -0.05) is 6.92 Å². The molecule has 1 aromatic heterocycles. The molecule has 0 nitrogen and oxygen atoms in total. The molecule has 0 aliphatic carbocycles. The number of aryl methyl sites for hydroxylation is 2. The highest BCUT2D eigenvalue weighted by atomic mass is 32.1. The highest BCUT2D eigenvalue weighted by Crippen LogP contribution is 2.16. The van der Waals surface area contributed by atoms with Gasteiger partial charge in [-0.2, -0.15) is 0 Å². The van der Waals surface area contributed by atoms with Crippen molar-refractivity contribution in [1.29, 1.82) is 0 Å². The van der Waals surface area contributed by atoms with Gasteiger partial charge in [-0.05, 0) is 25.5 Å². The third-order valence-corrected chi connectivity index (χ3v) is 2.65. The van der Waals surface area contributed by atoms with Gasteiger partial charge in [-0.25, -0.2) is 0 Å². The Morgan fingerprint density at radius 1 is 1.33 bits per heavy atom. The van der Waals surface area contributed by atoms with Gasteiger partial charge in [0.2, 0.25) is 0 Å². The predicted octanol–water partition coefficient (Wildman–Crippen LogP) is 3.40. The first-order chi connectivity index (χ1) is 5.83. The lowest BCUT2D eigenvalue weighted by Crippen LogP contribution is -1.75. The third kappa shape index (κ3) is 3.11. The first-order valence-electron chi connectivity index (χ1n) is 4.34. The van der Waals surface area contributed by atoms with Crippen LogP contribution in [0.1, 0.15) is 29.5 Å². The Morgan fingerprint density at radius 2 is 2.17 bits per heavy atom. The fraction of sp³-hybridized carbons (Fsp3) is 0.455. The lowest BCUT2D eigenvalue weighted by atomic mass is 10.2. The fourth-order valence-corrected chi connectivity index (χ4v) is 1.91. The Morgan fingerprint density at radius 3 is 2.75 bits per heavy atom. The summed E-state index contributed by atoms with van der Waals surface area (Å²) in [6.07, 6.45) is 3.10. The van der Waals surface area contributed by atoms with Crippen molar-refractivity contribution in [2.24, 2.45) is 0 Å². The summed E-state index contributed by atoms with van der Waals surface area (Å²) in [5.74, 6) is 6.23. The van der Waals surface area contributed by atoms with Crippen LogP contribution in [0.5, 0.6) is 0 Å².